The number of hydrogen-bond acceptors (Lipinski definition) is 5. The van der Waals surface area contributed by atoms with Gasteiger partial charge in [0.15, 0.2) is 0 Å². The maximum Gasteiger partial charge on any atom is 0.316 e. The maximum absolute atomic E-state index is 12.5. The van der Waals surface area contributed by atoms with Gasteiger partial charge in [-0.3, -0.25) is 9.59 Å². The Balaban J connectivity index is 1.35. The zero-order valence-electron chi connectivity index (χ0n) is 21.9. The third-order valence-corrected chi connectivity index (χ3v) is 11.4. The number of carbonyl (C=O) groups is 2. The molecule has 0 aromatic carbocycles. The number of nitrogens with two attached hydrogens (primary N) is 1. The van der Waals surface area contributed by atoms with Gasteiger partial charge < -0.3 is 15.8 Å². The molecule has 1 amide bonds. The summed E-state index contributed by atoms with van der Waals surface area (Å²) in [6.07, 6.45) is 12.3. The number of allylic oxidation sites excluding steroid dienone is 1. The Labute approximate surface area is 210 Å². The molecule has 3 saturated carbocycles. The van der Waals surface area contributed by atoms with Crippen LogP contribution in [-0.4, -0.2) is 42.6 Å². The van der Waals surface area contributed by atoms with Crippen molar-refractivity contribution in [3.05, 3.63) is 11.6 Å². The Morgan fingerprint density at radius 1 is 1.18 bits per heavy atom. The fourth-order valence-corrected chi connectivity index (χ4v) is 9.57. The summed E-state index contributed by atoms with van der Waals surface area (Å²) in [5, 5.41) is 2.88. The van der Waals surface area contributed by atoms with Gasteiger partial charge in [-0.15, -0.1) is 11.8 Å². The number of fused-ring (bicyclic) bond motifs is 5. The highest BCUT2D eigenvalue weighted by atomic mass is 32.2. The zero-order valence-corrected chi connectivity index (χ0v) is 22.7. The van der Waals surface area contributed by atoms with Crippen LogP contribution in [0.5, 0.6) is 0 Å². The molecule has 0 radical (unpaired) electrons. The number of hydrogen-bond donors (Lipinski definition) is 2. The second-order valence-electron chi connectivity index (χ2n) is 12.3. The highest BCUT2D eigenvalue weighted by Crippen LogP contribution is 2.67. The molecule has 0 bridgehead atoms. The van der Waals surface area contributed by atoms with Gasteiger partial charge in [0.2, 0.25) is 5.91 Å². The van der Waals surface area contributed by atoms with E-state index in [-0.39, 0.29) is 23.2 Å². The van der Waals surface area contributed by atoms with E-state index >= 15 is 0 Å². The lowest BCUT2D eigenvalue weighted by Gasteiger charge is -2.58. The van der Waals surface area contributed by atoms with Crippen molar-refractivity contribution in [3.63, 3.8) is 0 Å². The molecule has 0 aromatic rings. The highest BCUT2D eigenvalue weighted by Gasteiger charge is 2.58. The summed E-state index contributed by atoms with van der Waals surface area (Å²) in [6.45, 7) is 10.00. The summed E-state index contributed by atoms with van der Waals surface area (Å²) in [7, 11) is 1.71. The molecule has 34 heavy (non-hydrogen) atoms. The smallest absolute Gasteiger partial charge is 0.316 e. The topological polar surface area (TPSA) is 81.4 Å². The third-order valence-electron chi connectivity index (χ3n) is 10.4. The third kappa shape index (κ3) is 4.70. The normalized spacial score (nSPS) is 40.1. The molecule has 0 heterocycles. The molecule has 4 rings (SSSR count). The van der Waals surface area contributed by atoms with E-state index in [2.05, 4.69) is 39.1 Å². The molecule has 4 aliphatic rings. The first-order chi connectivity index (χ1) is 16.1. The number of primary amides is 1. The van der Waals surface area contributed by atoms with Crippen molar-refractivity contribution in [3.8, 4) is 0 Å². The molecule has 3 fully saturated rings. The highest BCUT2D eigenvalue weighted by molar-refractivity contribution is 8.00. The van der Waals surface area contributed by atoms with Gasteiger partial charge in [0.25, 0.3) is 0 Å². The molecule has 0 unspecified atom stereocenters. The molecule has 5 nitrogen and oxygen atoms in total. The second kappa shape index (κ2) is 10.2. The summed E-state index contributed by atoms with van der Waals surface area (Å²) >= 11 is 1.41. The van der Waals surface area contributed by atoms with Crippen molar-refractivity contribution in [2.24, 2.45) is 46.2 Å². The standard InChI is InChI=1S/C28H46N2O3S/c1-17(2)21-8-9-22-20-7-6-18-14-19(33-25(31)16-34-15-24(30-5)26(29)32)10-12-27(18,3)23(20)11-13-28(21,22)4/h6,17,19-24,30H,7-16H2,1-5H3,(H2,29,32)/t19-,20-,21+,22-,23-,24-,27-,28+/m0/s1. The van der Waals surface area contributed by atoms with Crippen LogP contribution >= 0.6 is 11.8 Å². The van der Waals surface area contributed by atoms with E-state index in [1.807, 2.05) is 0 Å². The minimum Gasteiger partial charge on any atom is -0.461 e. The van der Waals surface area contributed by atoms with Crippen molar-refractivity contribution in [1.29, 1.82) is 0 Å². The lowest BCUT2D eigenvalue weighted by Crippen LogP contribution is -2.51. The molecule has 0 spiro atoms. The fraction of sp³-hybridized carbons (Fsp3) is 0.857. The van der Waals surface area contributed by atoms with Gasteiger partial charge in [0.1, 0.15) is 6.10 Å². The lowest BCUT2D eigenvalue weighted by molar-refractivity contribution is -0.148. The van der Waals surface area contributed by atoms with Crippen LogP contribution in [0.1, 0.15) is 79.1 Å². The summed E-state index contributed by atoms with van der Waals surface area (Å²) in [4.78, 5) is 23.8. The van der Waals surface area contributed by atoms with E-state index in [9.17, 15) is 9.59 Å². The molecule has 4 aliphatic carbocycles. The SMILES string of the molecule is CN[C@@H](CSCC(=O)O[C@H]1CC[C@@]2(C)C(=CC[C@H]3[C@@H]4CC[C@H](C(C)C)[C@@]4(C)CC[C@@H]32)C1)C(N)=O. The van der Waals surface area contributed by atoms with Crippen molar-refractivity contribution in [2.75, 3.05) is 18.6 Å². The van der Waals surface area contributed by atoms with E-state index in [0.717, 1.165) is 48.9 Å². The molecule has 192 valence electrons. The number of carbonyl (C=O) groups excluding carboxylic acids is 2. The van der Waals surface area contributed by atoms with Gasteiger partial charge >= 0.3 is 5.97 Å². The molecule has 0 aromatic heterocycles. The molecular weight excluding hydrogens is 444 g/mol. The summed E-state index contributed by atoms with van der Waals surface area (Å²) in [5.41, 5.74) is 7.71. The first-order valence-corrected chi connectivity index (χ1v) is 14.7. The van der Waals surface area contributed by atoms with E-state index in [1.165, 1.54) is 43.9 Å². The molecule has 8 atom stereocenters. The first-order valence-electron chi connectivity index (χ1n) is 13.5. The van der Waals surface area contributed by atoms with E-state index in [0.29, 0.717) is 11.2 Å². The van der Waals surface area contributed by atoms with Gasteiger partial charge in [-0.05, 0) is 92.4 Å². The fourth-order valence-electron chi connectivity index (χ4n) is 8.65. The molecule has 0 aliphatic heterocycles. The number of thioether (sulfide) groups is 1. The monoisotopic (exact) mass is 490 g/mol. The van der Waals surface area contributed by atoms with Crippen LogP contribution in [0.2, 0.25) is 0 Å². The zero-order chi connectivity index (χ0) is 24.7. The summed E-state index contributed by atoms with van der Waals surface area (Å²) in [5.74, 6) is 4.35. The van der Waals surface area contributed by atoms with Crippen LogP contribution in [0.25, 0.3) is 0 Å². The van der Waals surface area contributed by atoms with Crippen molar-refractivity contribution < 1.29 is 14.3 Å². The van der Waals surface area contributed by atoms with Crippen molar-refractivity contribution in [1.82, 2.24) is 5.32 Å². The lowest BCUT2D eigenvalue weighted by atomic mass is 9.47. The molecule has 0 saturated heterocycles. The molecule has 3 N–H and O–H groups in total. The second-order valence-corrected chi connectivity index (χ2v) is 13.4. The molecular formula is C28H46N2O3S. The average molecular weight is 491 g/mol. The average Bonchev–Trinajstić information content (AvgIpc) is 3.14. The molecule has 6 heteroatoms. The van der Waals surface area contributed by atoms with Crippen LogP contribution in [0.3, 0.4) is 0 Å². The first kappa shape index (κ1) is 26.1. The Kier molecular flexibility index (Phi) is 7.79. The van der Waals surface area contributed by atoms with Crippen LogP contribution in [-0.2, 0) is 14.3 Å². The van der Waals surface area contributed by atoms with Gasteiger partial charge in [0.05, 0.1) is 11.8 Å². The number of amides is 1. The number of rotatable bonds is 8. The number of nitrogens with one attached hydrogen (secondary N) is 1. The Morgan fingerprint density at radius 3 is 2.62 bits per heavy atom. The van der Waals surface area contributed by atoms with E-state index < -0.39 is 11.9 Å². The quantitative estimate of drug-likeness (QED) is 0.372. The Hall–Kier alpha value is -1.01. The van der Waals surface area contributed by atoms with Crippen molar-refractivity contribution >= 4 is 23.6 Å². The van der Waals surface area contributed by atoms with Gasteiger partial charge in [-0.1, -0.05) is 39.3 Å². The van der Waals surface area contributed by atoms with Crippen LogP contribution in [0, 0.1) is 40.4 Å². The van der Waals surface area contributed by atoms with Gasteiger partial charge in [-0.2, -0.15) is 0 Å². The van der Waals surface area contributed by atoms with Gasteiger partial charge in [0, 0.05) is 12.2 Å². The Morgan fingerprint density at radius 2 is 1.94 bits per heavy atom. The van der Waals surface area contributed by atoms with Crippen LogP contribution < -0.4 is 11.1 Å². The van der Waals surface area contributed by atoms with Crippen LogP contribution in [0.4, 0.5) is 0 Å². The number of likely N-dealkylation sites (N-methyl/N-ethyl adjacent to an activating group) is 1. The number of esters is 1. The maximum atomic E-state index is 12.5. The van der Waals surface area contributed by atoms with Gasteiger partial charge in [-0.25, -0.2) is 0 Å². The predicted molar refractivity (Wildman–Crippen MR) is 139 cm³/mol. The minimum absolute atomic E-state index is 0.00845. The predicted octanol–water partition coefficient (Wildman–Crippen LogP) is 4.94. The summed E-state index contributed by atoms with van der Waals surface area (Å²) < 4.78 is 5.89. The Bertz CT molecular complexity index is 813. The van der Waals surface area contributed by atoms with Crippen molar-refractivity contribution in [2.45, 2.75) is 91.2 Å². The van der Waals surface area contributed by atoms with Crippen LogP contribution in [0.15, 0.2) is 11.6 Å². The largest absolute Gasteiger partial charge is 0.461 e. The van der Waals surface area contributed by atoms with E-state index in [1.54, 1.807) is 12.6 Å². The number of ether oxygens (including phenoxy) is 1. The summed E-state index contributed by atoms with van der Waals surface area (Å²) in [6, 6.07) is -0.415. The minimum atomic E-state index is -0.415. The van der Waals surface area contributed by atoms with E-state index in [4.69, 9.17) is 10.5 Å².